The van der Waals surface area contributed by atoms with E-state index < -0.39 is 0 Å². The summed E-state index contributed by atoms with van der Waals surface area (Å²) in [4.78, 5) is 0.410. The summed E-state index contributed by atoms with van der Waals surface area (Å²) in [5.41, 5.74) is 0. The third-order valence-electron chi connectivity index (χ3n) is 5.39. The molecule has 0 atom stereocenters. The molecule has 6 saturated carbocycles. The van der Waals surface area contributed by atoms with Gasteiger partial charge < -0.3 is 0 Å². The second-order valence-electron chi connectivity index (χ2n) is 4.81. The molecule has 0 heterocycles. The third kappa shape index (κ3) is 0.156. The lowest BCUT2D eigenvalue weighted by molar-refractivity contribution is -0.520. The third-order valence-corrected chi connectivity index (χ3v) is 8.30. The van der Waals surface area contributed by atoms with Crippen LogP contribution in [0.25, 0.3) is 0 Å². The zero-order valence-corrected chi connectivity index (χ0v) is 8.13. The molecular formula is C8H6ClI. The van der Waals surface area contributed by atoms with E-state index in [0.717, 1.165) is 38.9 Å². The second kappa shape index (κ2) is 0.847. The van der Waals surface area contributed by atoms with Gasteiger partial charge in [-0.15, -0.1) is 11.6 Å². The Hall–Kier alpha value is 1.02. The SMILES string of the molecule is ClC12C3C4C1C1C2C3C41I. The van der Waals surface area contributed by atoms with Crippen molar-refractivity contribution in [2.45, 2.75) is 8.30 Å². The topological polar surface area (TPSA) is 0 Å². The molecule has 0 saturated heterocycles. The Kier molecular flexibility index (Phi) is 0.416. The van der Waals surface area contributed by atoms with Crippen LogP contribution in [0, 0.1) is 35.5 Å². The fourth-order valence-electron chi connectivity index (χ4n) is 5.26. The number of hydrogen-bond donors (Lipinski definition) is 0. The summed E-state index contributed by atoms with van der Waals surface area (Å²) in [5, 5.41) is 0. The van der Waals surface area contributed by atoms with E-state index in [2.05, 4.69) is 22.6 Å². The highest BCUT2D eigenvalue weighted by Gasteiger charge is 3.09. The zero-order chi connectivity index (χ0) is 6.46. The van der Waals surface area contributed by atoms with Gasteiger partial charge in [-0.1, -0.05) is 22.6 Å². The Morgan fingerprint density at radius 2 is 1.30 bits per heavy atom. The van der Waals surface area contributed by atoms with Gasteiger partial charge in [0.2, 0.25) is 0 Å². The van der Waals surface area contributed by atoms with E-state index in [1.54, 1.807) is 0 Å². The lowest BCUT2D eigenvalue weighted by atomic mass is 9.01. The van der Waals surface area contributed by atoms with Crippen molar-refractivity contribution in [2.75, 3.05) is 0 Å². The molecule has 52 valence electrons. The first kappa shape index (κ1) is 4.90. The van der Waals surface area contributed by atoms with Gasteiger partial charge in [0, 0.05) is 3.42 Å². The van der Waals surface area contributed by atoms with Crippen LogP contribution in [0.2, 0.25) is 0 Å². The van der Waals surface area contributed by atoms with Crippen molar-refractivity contribution in [1.82, 2.24) is 0 Å². The second-order valence-corrected chi connectivity index (χ2v) is 7.33. The van der Waals surface area contributed by atoms with Crippen LogP contribution in [-0.4, -0.2) is 8.30 Å². The van der Waals surface area contributed by atoms with Gasteiger partial charge in [-0.3, -0.25) is 0 Å². The molecule has 0 aliphatic heterocycles. The molecule has 0 aromatic rings. The molecule has 0 unspecified atom stereocenters. The van der Waals surface area contributed by atoms with Crippen molar-refractivity contribution >= 4 is 34.2 Å². The molecule has 0 N–H and O–H groups in total. The van der Waals surface area contributed by atoms with E-state index in [0.29, 0.717) is 4.87 Å². The first-order valence-corrected chi connectivity index (χ1v) is 5.57. The average molecular weight is 264 g/mol. The number of hydrogen-bond acceptors (Lipinski definition) is 0. The quantitative estimate of drug-likeness (QED) is 0.463. The monoisotopic (exact) mass is 264 g/mol. The molecule has 0 bridgehead atoms. The van der Waals surface area contributed by atoms with Crippen molar-refractivity contribution in [2.24, 2.45) is 35.5 Å². The molecule has 6 fully saturated rings. The molecule has 2 heteroatoms. The standard InChI is InChI=1S/C8H6ClI/c9-7-1-4-2(7)6-3(7)5(1)8(4,6)10/h1-6H. The predicted molar refractivity (Wildman–Crippen MR) is 46.3 cm³/mol. The van der Waals surface area contributed by atoms with Gasteiger partial charge in [0.25, 0.3) is 0 Å². The van der Waals surface area contributed by atoms with E-state index in [1.807, 2.05) is 0 Å². The normalized spacial score (nSPS) is 104. The Balaban J connectivity index is 1.87. The molecule has 6 rings (SSSR count). The van der Waals surface area contributed by atoms with Gasteiger partial charge >= 0.3 is 0 Å². The fourth-order valence-corrected chi connectivity index (χ4v) is 8.40. The van der Waals surface area contributed by atoms with Crippen LogP contribution in [0.4, 0.5) is 0 Å². The smallest absolute Gasteiger partial charge is 0.0550 e. The first-order valence-electron chi connectivity index (χ1n) is 4.11. The van der Waals surface area contributed by atoms with Gasteiger partial charge in [0.15, 0.2) is 0 Å². The summed E-state index contributed by atoms with van der Waals surface area (Å²) in [6, 6.07) is 0. The first-order chi connectivity index (χ1) is 4.73. The number of alkyl halides is 2. The van der Waals surface area contributed by atoms with Gasteiger partial charge in [-0.25, -0.2) is 0 Å². The van der Waals surface area contributed by atoms with Crippen molar-refractivity contribution in [3.63, 3.8) is 0 Å². The lowest BCUT2D eigenvalue weighted by Gasteiger charge is -3.09. The van der Waals surface area contributed by atoms with E-state index in [-0.39, 0.29) is 0 Å². The van der Waals surface area contributed by atoms with E-state index in [1.165, 1.54) is 0 Å². The maximum Gasteiger partial charge on any atom is 0.0550 e. The van der Waals surface area contributed by atoms with Crippen LogP contribution in [0.15, 0.2) is 0 Å². The van der Waals surface area contributed by atoms with Crippen molar-refractivity contribution in [3.8, 4) is 0 Å². The van der Waals surface area contributed by atoms with E-state index in [9.17, 15) is 0 Å². The van der Waals surface area contributed by atoms with Crippen molar-refractivity contribution in [3.05, 3.63) is 0 Å². The predicted octanol–water partition coefficient (Wildman–Crippen LogP) is 1.90. The van der Waals surface area contributed by atoms with Crippen molar-refractivity contribution in [1.29, 1.82) is 0 Å². The Bertz CT molecular complexity index is 214. The summed E-state index contributed by atoms with van der Waals surface area (Å²) in [6.07, 6.45) is 0. The van der Waals surface area contributed by atoms with Crippen LogP contribution >= 0.6 is 34.2 Å². The fraction of sp³-hybridized carbons (Fsp3) is 1.00. The number of rotatable bonds is 0. The van der Waals surface area contributed by atoms with Crippen LogP contribution in [0.3, 0.4) is 0 Å². The highest BCUT2D eigenvalue weighted by Crippen LogP contribution is 3.07. The van der Waals surface area contributed by atoms with Gasteiger partial charge in [-0.05, 0) is 35.5 Å². The highest BCUT2D eigenvalue weighted by molar-refractivity contribution is 14.1. The average Bonchev–Trinajstić information content (AvgIpc) is 1.99. The Morgan fingerprint density at radius 3 is 1.60 bits per heavy atom. The van der Waals surface area contributed by atoms with Crippen LogP contribution in [-0.2, 0) is 0 Å². The van der Waals surface area contributed by atoms with Crippen molar-refractivity contribution < 1.29 is 0 Å². The Labute approximate surface area is 77.8 Å². The molecule has 10 heavy (non-hydrogen) atoms. The molecule has 6 aliphatic rings. The maximum absolute atomic E-state index is 6.44. The summed E-state index contributed by atoms with van der Waals surface area (Å²) >= 11 is 9.17. The lowest BCUT2D eigenvalue weighted by Crippen LogP contribution is -3.12. The van der Waals surface area contributed by atoms with Gasteiger partial charge in [0.1, 0.15) is 0 Å². The van der Waals surface area contributed by atoms with Crippen LogP contribution in [0.1, 0.15) is 0 Å². The molecule has 0 amide bonds. The molecule has 0 aromatic heterocycles. The summed E-state index contributed by atoms with van der Waals surface area (Å²) in [5.74, 6) is 6.32. The Morgan fingerprint density at radius 1 is 0.900 bits per heavy atom. The molecule has 0 spiro atoms. The van der Waals surface area contributed by atoms with Crippen LogP contribution in [0.5, 0.6) is 0 Å². The van der Waals surface area contributed by atoms with E-state index >= 15 is 0 Å². The van der Waals surface area contributed by atoms with Gasteiger partial charge in [0.05, 0.1) is 4.87 Å². The number of halogens is 2. The molecule has 0 radical (unpaired) electrons. The highest BCUT2D eigenvalue weighted by atomic mass is 127. The summed E-state index contributed by atoms with van der Waals surface area (Å²) < 4.78 is 0.828. The largest absolute Gasteiger partial charge is 0.118 e. The molecule has 0 aromatic carbocycles. The molecule has 0 nitrogen and oxygen atoms in total. The van der Waals surface area contributed by atoms with Crippen LogP contribution < -0.4 is 0 Å². The van der Waals surface area contributed by atoms with E-state index in [4.69, 9.17) is 11.6 Å². The maximum atomic E-state index is 6.44. The molecule has 6 aliphatic carbocycles. The minimum absolute atomic E-state index is 0.410. The minimum Gasteiger partial charge on any atom is -0.118 e. The zero-order valence-electron chi connectivity index (χ0n) is 5.22. The molecular weight excluding hydrogens is 258 g/mol. The minimum atomic E-state index is 0.410. The summed E-state index contributed by atoms with van der Waals surface area (Å²) in [7, 11) is 0. The summed E-state index contributed by atoms with van der Waals surface area (Å²) in [6.45, 7) is 0. The van der Waals surface area contributed by atoms with Gasteiger partial charge in [-0.2, -0.15) is 0 Å².